The van der Waals surface area contributed by atoms with Crippen LogP contribution < -0.4 is 59.3 Å². The monoisotopic (exact) mass is 1290 g/mol. The molecule has 18 N–H and O–H groups in total. The number of para-hydroxylation sites is 2. The molecule has 0 bridgehead atoms. The fourth-order valence-electron chi connectivity index (χ4n) is 11.1. The van der Waals surface area contributed by atoms with Crippen molar-refractivity contribution < 1.29 is 62.6 Å². The molecule has 2 fully saturated rings. The number of likely N-dealkylation sites (tertiary alicyclic amines) is 1. The van der Waals surface area contributed by atoms with E-state index in [1.807, 2.05) is 24.3 Å². The van der Waals surface area contributed by atoms with Gasteiger partial charge in [-0.1, -0.05) is 36.4 Å². The summed E-state index contributed by atoms with van der Waals surface area (Å²) in [5.41, 5.74) is 13.6. The van der Waals surface area contributed by atoms with Crippen molar-refractivity contribution in [1.82, 2.24) is 82.7 Å². The van der Waals surface area contributed by atoms with Crippen LogP contribution in [0.5, 0.6) is 0 Å². The van der Waals surface area contributed by atoms with Gasteiger partial charge in [-0.3, -0.25) is 52.7 Å². The highest BCUT2D eigenvalue weighted by Crippen LogP contribution is 2.24. The number of fused-ring (bicyclic) bond motifs is 2. The van der Waals surface area contributed by atoms with E-state index in [0.717, 1.165) is 10.9 Å². The standard InChI is InChI=1S/C62H82N18O13/c1-62(2,3)93-31-49(59(90)75-44(21-34-25-67-40-13-6-4-11-38(34)40)54(85)73-43(15-8-9-19-63)61(92)80-20-10-16-50(80)60(91)69-29-51(64)82)79-57(88)47(24-37-28-66-33-71-37)77-58(89)48(30-81)78-55(86)45(22-35-26-68-41-14-7-5-12-39(35)41)74-56(87)46(23-36-27-65-32-70-36)76-53(84)42-17-18-52(83)72-42/h4-7,11-14,25-28,32-33,42-50,67-68,81H,8-10,15-24,29-31,63H2,1-3H3,(H2,64,82)(H,65,70)(H,66,71)(H,69,91)(H,72,83)(H,73,85)(H,74,87)(H,75,90)(H,76,84)(H,77,89)(H,78,86)(H,79,88)/t42-,43-,44-,45-,46-,47-,48-,49+,50-/m0/s1. The van der Waals surface area contributed by atoms with Gasteiger partial charge in [0.1, 0.15) is 54.4 Å². The maximum atomic E-state index is 15.0. The number of carbonyl (C=O) groups excluding carboxylic acids is 11. The molecule has 0 unspecified atom stereocenters. The zero-order chi connectivity index (χ0) is 66.8. The SMILES string of the molecule is CC(C)(C)OC[C@@H](NC(=O)[C@H](Cc1cnc[nH]1)NC(=O)[C@H](CO)NC(=O)[C@H](Cc1c[nH]c2ccccc12)NC(=O)[C@H](Cc1cnc[nH]1)NC(=O)[C@@H]1CCC(=O)N1)C(=O)N[C@@H](Cc1c[nH]c2ccccc12)C(=O)N[C@@H](CCCCN)C(=O)N1CCC[C@H]1C(=O)NCC(N)=O. The van der Waals surface area contributed by atoms with Gasteiger partial charge in [-0.25, -0.2) is 9.97 Å². The van der Waals surface area contributed by atoms with Crippen molar-refractivity contribution in [2.24, 2.45) is 11.5 Å². The molecule has 0 radical (unpaired) electrons. The first-order chi connectivity index (χ1) is 44.6. The van der Waals surface area contributed by atoms with E-state index in [-0.39, 0.29) is 70.4 Å². The minimum atomic E-state index is -1.78. The number of nitrogens with one attached hydrogen (secondary N) is 13. The maximum absolute atomic E-state index is 15.0. The molecule has 2 saturated heterocycles. The average Bonchev–Trinajstić information content (AvgIpc) is 1.82. The van der Waals surface area contributed by atoms with Crippen LogP contribution in [0.15, 0.2) is 86.0 Å². The number of carbonyl (C=O) groups is 11. The summed E-state index contributed by atoms with van der Waals surface area (Å²) >= 11 is 0. The number of primary amides is 1. The van der Waals surface area contributed by atoms with Crippen molar-refractivity contribution in [3.05, 3.63) is 108 Å². The molecule has 8 rings (SSSR count). The Balaban J connectivity index is 1.03. The largest absolute Gasteiger partial charge is 0.394 e. The number of nitrogens with two attached hydrogens (primary N) is 2. The van der Waals surface area contributed by atoms with Crippen molar-refractivity contribution in [1.29, 1.82) is 0 Å². The van der Waals surface area contributed by atoms with E-state index in [4.69, 9.17) is 16.2 Å². The van der Waals surface area contributed by atoms with Gasteiger partial charge in [0, 0.05) is 96.6 Å². The summed E-state index contributed by atoms with van der Waals surface area (Å²) in [6.07, 6.45) is 10.2. The Hall–Kier alpha value is -10.0. The molecular formula is C62H82N18O13. The third kappa shape index (κ3) is 19.3. The number of unbranched alkanes of at least 4 members (excludes halogenated alkanes) is 1. The Morgan fingerprint density at radius 1 is 0.634 bits per heavy atom. The van der Waals surface area contributed by atoms with Crippen LogP contribution in [-0.4, -0.2) is 198 Å². The number of aliphatic hydroxyl groups is 1. The molecule has 11 amide bonds. The normalized spacial score (nSPS) is 17.0. The van der Waals surface area contributed by atoms with E-state index in [2.05, 4.69) is 77.8 Å². The lowest BCUT2D eigenvalue weighted by molar-refractivity contribution is -0.142. The lowest BCUT2D eigenvalue weighted by atomic mass is 10.0. The van der Waals surface area contributed by atoms with Crippen LogP contribution in [0.2, 0.25) is 0 Å². The quantitative estimate of drug-likeness (QED) is 0.0191. The van der Waals surface area contributed by atoms with E-state index in [0.29, 0.717) is 52.7 Å². The topological polar surface area (TPSA) is 470 Å². The predicted octanol–water partition coefficient (Wildman–Crippen LogP) is -2.43. The van der Waals surface area contributed by atoms with Crippen molar-refractivity contribution >= 4 is 86.8 Å². The lowest BCUT2D eigenvalue weighted by Crippen LogP contribution is -2.62. The summed E-state index contributed by atoms with van der Waals surface area (Å²) in [6, 6.07) is 2.18. The first kappa shape index (κ1) is 68.9. The van der Waals surface area contributed by atoms with Gasteiger partial charge >= 0.3 is 0 Å². The second kappa shape index (κ2) is 32.3. The van der Waals surface area contributed by atoms with Gasteiger partial charge in [0.05, 0.1) is 38.0 Å². The molecule has 93 heavy (non-hydrogen) atoms. The van der Waals surface area contributed by atoms with Crippen LogP contribution in [-0.2, 0) is 83.2 Å². The number of hydrogen-bond acceptors (Lipinski definition) is 16. The second-order valence-corrected chi connectivity index (χ2v) is 24.0. The van der Waals surface area contributed by atoms with Crippen molar-refractivity contribution in [3.63, 3.8) is 0 Å². The van der Waals surface area contributed by atoms with E-state index < -0.39 is 139 Å². The van der Waals surface area contributed by atoms with Crippen molar-refractivity contribution in [2.45, 2.75) is 151 Å². The van der Waals surface area contributed by atoms with E-state index in [1.54, 1.807) is 57.4 Å². The summed E-state index contributed by atoms with van der Waals surface area (Å²) in [6.45, 7) is 3.64. The number of aromatic nitrogens is 6. The van der Waals surface area contributed by atoms with Crippen LogP contribution in [0.3, 0.4) is 0 Å². The van der Waals surface area contributed by atoms with Gasteiger partial charge in [-0.15, -0.1) is 0 Å². The van der Waals surface area contributed by atoms with Crippen LogP contribution in [0.1, 0.15) is 88.2 Å². The van der Waals surface area contributed by atoms with Crippen LogP contribution in [0.25, 0.3) is 21.8 Å². The number of H-pyrrole nitrogens is 4. The van der Waals surface area contributed by atoms with Gasteiger partial charge in [0.15, 0.2) is 0 Å². The third-order valence-corrected chi connectivity index (χ3v) is 16.0. The van der Waals surface area contributed by atoms with Crippen LogP contribution >= 0.6 is 0 Å². The van der Waals surface area contributed by atoms with Crippen molar-refractivity contribution in [3.8, 4) is 0 Å². The highest BCUT2D eigenvalue weighted by molar-refractivity contribution is 6.00. The molecule has 31 heteroatoms. The summed E-state index contributed by atoms with van der Waals surface area (Å²) in [5.74, 6) is -8.44. The number of nitrogens with zero attached hydrogens (tertiary/aromatic N) is 3. The van der Waals surface area contributed by atoms with Gasteiger partial charge in [0.25, 0.3) is 0 Å². The number of amides is 11. The molecule has 2 aliphatic rings. The fourth-order valence-corrected chi connectivity index (χ4v) is 11.1. The lowest BCUT2D eigenvalue weighted by Gasteiger charge is -2.31. The third-order valence-electron chi connectivity index (χ3n) is 16.0. The number of rotatable bonds is 33. The fraction of sp³-hybridized carbons (Fsp3) is 0.468. The highest BCUT2D eigenvalue weighted by atomic mass is 16.5. The Kier molecular flexibility index (Phi) is 23.9. The number of ether oxygens (including phenoxy) is 1. The van der Waals surface area contributed by atoms with Gasteiger partial charge in [0.2, 0.25) is 65.0 Å². The van der Waals surface area contributed by atoms with Gasteiger partial charge in [-0.2, -0.15) is 0 Å². The molecule has 31 nitrogen and oxygen atoms in total. The molecule has 9 atom stereocenters. The Morgan fingerprint density at radius 3 is 1.62 bits per heavy atom. The molecular weight excluding hydrogens is 1200 g/mol. The Bertz CT molecular complexity index is 3600. The molecule has 2 aromatic carbocycles. The molecule has 0 saturated carbocycles. The van der Waals surface area contributed by atoms with Gasteiger partial charge in [-0.05, 0) is 89.1 Å². The van der Waals surface area contributed by atoms with E-state index in [1.165, 1.54) is 29.9 Å². The summed E-state index contributed by atoms with van der Waals surface area (Å²) in [4.78, 5) is 175. The minimum Gasteiger partial charge on any atom is -0.394 e. The molecule has 6 aromatic rings. The van der Waals surface area contributed by atoms with E-state index in [9.17, 15) is 57.8 Å². The average molecular weight is 1290 g/mol. The molecule has 498 valence electrons. The number of benzene rings is 2. The first-order valence-corrected chi connectivity index (χ1v) is 30.9. The second-order valence-electron chi connectivity index (χ2n) is 24.0. The summed E-state index contributed by atoms with van der Waals surface area (Å²) in [5, 5.41) is 36.1. The predicted molar refractivity (Wildman–Crippen MR) is 336 cm³/mol. The van der Waals surface area contributed by atoms with Crippen molar-refractivity contribution in [2.75, 3.05) is 32.8 Å². The molecule has 4 aromatic heterocycles. The molecule has 2 aliphatic heterocycles. The maximum Gasteiger partial charge on any atom is 0.245 e. The van der Waals surface area contributed by atoms with E-state index >= 15 is 0 Å². The minimum absolute atomic E-state index is 0.102. The zero-order valence-electron chi connectivity index (χ0n) is 51.9. The van der Waals surface area contributed by atoms with Crippen LogP contribution in [0.4, 0.5) is 0 Å². The molecule has 0 spiro atoms. The highest BCUT2D eigenvalue weighted by Gasteiger charge is 2.40. The Labute approximate surface area is 534 Å². The number of aromatic amines is 4. The zero-order valence-corrected chi connectivity index (χ0v) is 51.9. The van der Waals surface area contributed by atoms with Gasteiger partial charge < -0.3 is 94.0 Å². The number of hydrogen-bond donors (Lipinski definition) is 16. The molecule has 0 aliphatic carbocycles. The number of aliphatic hydroxyl groups excluding tert-OH is 1. The number of imidazole rings is 2. The smallest absolute Gasteiger partial charge is 0.245 e. The Morgan fingerprint density at radius 2 is 1.13 bits per heavy atom. The summed E-state index contributed by atoms with van der Waals surface area (Å²) < 4.78 is 6.09. The summed E-state index contributed by atoms with van der Waals surface area (Å²) in [7, 11) is 0. The first-order valence-electron chi connectivity index (χ1n) is 30.9. The molecule has 6 heterocycles. The van der Waals surface area contributed by atoms with Crippen LogP contribution in [0, 0.1) is 0 Å².